The van der Waals surface area contributed by atoms with Crippen molar-refractivity contribution in [2.75, 3.05) is 25.7 Å². The molecule has 182 valence electrons. The Morgan fingerprint density at radius 1 is 1.06 bits per heavy atom. The van der Waals surface area contributed by atoms with Gasteiger partial charge in [-0.1, -0.05) is 30.3 Å². The first kappa shape index (κ1) is 25.3. The fourth-order valence-corrected chi connectivity index (χ4v) is 3.24. The summed E-state index contributed by atoms with van der Waals surface area (Å²) in [7, 11) is 2.85. The van der Waals surface area contributed by atoms with Gasteiger partial charge in [0.2, 0.25) is 0 Å². The maximum atomic E-state index is 12.5. The number of esters is 1. The Hall–Kier alpha value is -4.31. The highest BCUT2D eigenvalue weighted by atomic mass is 16.6. The minimum Gasteiger partial charge on any atom is -0.467 e. The largest absolute Gasteiger partial charge is 0.467 e. The van der Waals surface area contributed by atoms with Gasteiger partial charge in [-0.15, -0.1) is 0 Å². The van der Waals surface area contributed by atoms with Crippen LogP contribution in [-0.2, 0) is 20.7 Å². The molecule has 1 atom stereocenters. The van der Waals surface area contributed by atoms with E-state index in [1.807, 2.05) is 37.3 Å². The first-order chi connectivity index (χ1) is 16.8. The number of carbonyl (C=O) groups excluding carboxylic acids is 2. The number of rotatable bonds is 9. The number of non-ortho nitro benzene ring substituents is 1. The molecule has 35 heavy (non-hydrogen) atoms. The Bertz CT molecular complexity index is 1180. The second kappa shape index (κ2) is 11.7. The summed E-state index contributed by atoms with van der Waals surface area (Å²) in [4.78, 5) is 40.4. The first-order valence-corrected chi connectivity index (χ1v) is 10.8. The number of benzene rings is 2. The lowest BCUT2D eigenvalue weighted by Crippen LogP contribution is -2.30. The van der Waals surface area contributed by atoms with Crippen molar-refractivity contribution < 1.29 is 28.7 Å². The van der Waals surface area contributed by atoms with Crippen LogP contribution in [0.1, 0.15) is 12.5 Å². The van der Waals surface area contributed by atoms with E-state index in [9.17, 15) is 19.7 Å². The first-order valence-electron chi connectivity index (χ1n) is 10.8. The highest BCUT2D eigenvalue weighted by molar-refractivity contribution is 5.87. The molecule has 0 aliphatic rings. The summed E-state index contributed by atoms with van der Waals surface area (Å²) in [5.74, 6) is 0.117. The SMILES string of the molecule is CCOC(Cc1ccc(-c2cccc(N(C)C(=O)Oc3ccc([N+](=O)[O-])cc3)n2)cc1)C(=O)OC. The van der Waals surface area contributed by atoms with E-state index in [0.717, 1.165) is 11.1 Å². The Morgan fingerprint density at radius 3 is 2.34 bits per heavy atom. The summed E-state index contributed by atoms with van der Waals surface area (Å²) < 4.78 is 15.6. The molecule has 0 fully saturated rings. The van der Waals surface area contributed by atoms with Gasteiger partial charge >= 0.3 is 12.1 Å². The lowest BCUT2D eigenvalue weighted by atomic mass is 10.0. The maximum Gasteiger partial charge on any atom is 0.420 e. The minimum atomic E-state index is -0.691. The number of amides is 1. The molecule has 3 aromatic rings. The van der Waals surface area contributed by atoms with Crippen LogP contribution in [0.2, 0.25) is 0 Å². The van der Waals surface area contributed by atoms with Crippen LogP contribution < -0.4 is 9.64 Å². The predicted octanol–water partition coefficient (Wildman–Crippen LogP) is 4.41. The van der Waals surface area contributed by atoms with Gasteiger partial charge in [-0.25, -0.2) is 14.6 Å². The summed E-state index contributed by atoms with van der Waals surface area (Å²) in [6.45, 7) is 2.21. The number of ether oxygens (including phenoxy) is 3. The number of carbonyl (C=O) groups is 2. The Kier molecular flexibility index (Phi) is 8.47. The summed E-state index contributed by atoms with van der Waals surface area (Å²) in [5.41, 5.74) is 2.26. The van der Waals surface area contributed by atoms with Crippen LogP contribution in [0, 0.1) is 10.1 Å². The third-order valence-electron chi connectivity index (χ3n) is 5.11. The van der Waals surface area contributed by atoms with Gasteiger partial charge in [0.15, 0.2) is 6.10 Å². The van der Waals surface area contributed by atoms with Crippen molar-refractivity contribution in [2.24, 2.45) is 0 Å². The van der Waals surface area contributed by atoms with Crippen LogP contribution >= 0.6 is 0 Å². The van der Waals surface area contributed by atoms with Gasteiger partial charge in [-0.2, -0.15) is 0 Å². The number of hydrogen-bond donors (Lipinski definition) is 0. The predicted molar refractivity (Wildman–Crippen MR) is 128 cm³/mol. The van der Waals surface area contributed by atoms with Gasteiger partial charge in [-0.05, 0) is 36.8 Å². The summed E-state index contributed by atoms with van der Waals surface area (Å²) in [5, 5.41) is 10.8. The maximum absolute atomic E-state index is 12.5. The summed E-state index contributed by atoms with van der Waals surface area (Å²) >= 11 is 0. The lowest BCUT2D eigenvalue weighted by molar-refractivity contribution is -0.384. The molecule has 1 amide bonds. The quantitative estimate of drug-likeness (QED) is 0.251. The molecular weight excluding hydrogens is 454 g/mol. The van der Waals surface area contributed by atoms with Gasteiger partial charge in [0.05, 0.1) is 17.7 Å². The van der Waals surface area contributed by atoms with E-state index in [0.29, 0.717) is 24.5 Å². The highest BCUT2D eigenvalue weighted by Crippen LogP contribution is 2.23. The van der Waals surface area contributed by atoms with E-state index in [1.54, 1.807) is 12.1 Å². The molecule has 0 spiro atoms. The minimum absolute atomic E-state index is 0.0998. The second-order valence-corrected chi connectivity index (χ2v) is 7.43. The van der Waals surface area contributed by atoms with Crippen molar-refractivity contribution in [1.29, 1.82) is 0 Å². The smallest absolute Gasteiger partial charge is 0.420 e. The van der Waals surface area contributed by atoms with Crippen molar-refractivity contribution in [2.45, 2.75) is 19.4 Å². The molecule has 0 bridgehead atoms. The highest BCUT2D eigenvalue weighted by Gasteiger charge is 2.20. The molecule has 0 saturated carbocycles. The van der Waals surface area contributed by atoms with Crippen LogP contribution in [0.25, 0.3) is 11.3 Å². The molecule has 0 saturated heterocycles. The van der Waals surface area contributed by atoms with Crippen LogP contribution in [0.15, 0.2) is 66.7 Å². The molecular formula is C25H25N3O7. The number of aromatic nitrogens is 1. The van der Waals surface area contributed by atoms with Gasteiger partial charge in [0.25, 0.3) is 5.69 Å². The zero-order valence-corrected chi connectivity index (χ0v) is 19.5. The summed E-state index contributed by atoms with van der Waals surface area (Å²) in [6, 6.07) is 18.0. The van der Waals surface area contributed by atoms with Crippen molar-refractivity contribution >= 4 is 23.6 Å². The zero-order valence-electron chi connectivity index (χ0n) is 19.5. The summed E-state index contributed by atoms with van der Waals surface area (Å²) in [6.07, 6.45) is -0.984. The van der Waals surface area contributed by atoms with Gasteiger partial charge in [0, 0.05) is 37.8 Å². The van der Waals surface area contributed by atoms with Gasteiger partial charge < -0.3 is 14.2 Å². The van der Waals surface area contributed by atoms with Gasteiger partial charge in [-0.3, -0.25) is 15.0 Å². The van der Waals surface area contributed by atoms with E-state index in [2.05, 4.69) is 4.98 Å². The molecule has 0 aliphatic carbocycles. The van der Waals surface area contributed by atoms with E-state index in [1.165, 1.54) is 43.3 Å². The number of nitro groups is 1. The van der Waals surface area contributed by atoms with E-state index in [-0.39, 0.29) is 11.4 Å². The number of pyridine rings is 1. The molecule has 0 radical (unpaired) electrons. The Labute approximate surface area is 202 Å². The van der Waals surface area contributed by atoms with Crippen molar-refractivity contribution in [3.8, 4) is 17.0 Å². The third kappa shape index (κ3) is 6.61. The normalized spacial score (nSPS) is 11.4. The second-order valence-electron chi connectivity index (χ2n) is 7.43. The number of nitro benzene ring substituents is 1. The number of hydrogen-bond acceptors (Lipinski definition) is 8. The van der Waals surface area contributed by atoms with Crippen molar-refractivity contribution in [1.82, 2.24) is 4.98 Å². The molecule has 3 rings (SSSR count). The van der Waals surface area contributed by atoms with Crippen LogP contribution in [0.4, 0.5) is 16.3 Å². The molecule has 10 heteroatoms. The molecule has 0 aliphatic heterocycles. The average Bonchev–Trinajstić information content (AvgIpc) is 2.88. The number of methoxy groups -OCH3 is 1. The fraction of sp³-hybridized carbons (Fsp3) is 0.240. The monoisotopic (exact) mass is 479 g/mol. The molecule has 10 nitrogen and oxygen atoms in total. The topological polar surface area (TPSA) is 121 Å². The van der Waals surface area contributed by atoms with Crippen LogP contribution in [-0.4, -0.2) is 48.8 Å². The fourth-order valence-electron chi connectivity index (χ4n) is 3.24. The van der Waals surface area contributed by atoms with Gasteiger partial charge in [0.1, 0.15) is 11.6 Å². The van der Waals surface area contributed by atoms with E-state index >= 15 is 0 Å². The molecule has 1 heterocycles. The van der Waals surface area contributed by atoms with Crippen LogP contribution in [0.5, 0.6) is 5.75 Å². The molecule has 2 aromatic carbocycles. The molecule has 1 unspecified atom stereocenters. The lowest BCUT2D eigenvalue weighted by Gasteiger charge is -2.17. The van der Waals surface area contributed by atoms with Crippen LogP contribution in [0.3, 0.4) is 0 Å². The van der Waals surface area contributed by atoms with Crippen molar-refractivity contribution in [3.63, 3.8) is 0 Å². The van der Waals surface area contributed by atoms with E-state index in [4.69, 9.17) is 14.2 Å². The molecule has 0 N–H and O–H groups in total. The number of nitrogens with zero attached hydrogens (tertiary/aromatic N) is 3. The Balaban J connectivity index is 1.70. The van der Waals surface area contributed by atoms with E-state index < -0.39 is 23.1 Å². The Morgan fingerprint density at radius 2 is 1.74 bits per heavy atom. The standard InChI is InChI=1S/C25H25N3O7/c1-4-34-22(24(29)33-3)16-17-8-10-18(11-9-17)21-6-5-7-23(26-21)27(2)25(30)35-20-14-12-19(13-15-20)28(31)32/h5-15,22H,4,16H2,1-3H3. The number of anilines is 1. The average molecular weight is 479 g/mol. The zero-order chi connectivity index (χ0) is 25.4. The third-order valence-corrected chi connectivity index (χ3v) is 5.11. The molecule has 1 aromatic heterocycles. The van der Waals surface area contributed by atoms with Crippen molar-refractivity contribution in [3.05, 3.63) is 82.4 Å².